The van der Waals surface area contributed by atoms with Gasteiger partial charge in [-0.25, -0.2) is 0 Å². The van der Waals surface area contributed by atoms with Crippen LogP contribution in [0.5, 0.6) is 17.2 Å². The number of hydrogen-bond acceptors (Lipinski definition) is 2. The summed E-state index contributed by atoms with van der Waals surface area (Å²) in [5.41, 5.74) is 0. The van der Waals surface area contributed by atoms with Crippen molar-refractivity contribution in [3.05, 3.63) is 53.6 Å². The maximum atomic E-state index is 9.25. The van der Waals surface area contributed by atoms with E-state index in [1.54, 1.807) is 30.3 Å². The van der Waals surface area contributed by atoms with Gasteiger partial charge in [0.25, 0.3) is 0 Å². The standard InChI is InChI=1S/C12H9ClO2/c13-11-6-1-2-7-12(11)15-10-5-3-4-9(14)8-10/h1-8,14H. The average molecular weight is 221 g/mol. The third kappa shape index (κ3) is 2.42. The van der Waals surface area contributed by atoms with Crippen molar-refractivity contribution in [3.8, 4) is 17.2 Å². The zero-order valence-electron chi connectivity index (χ0n) is 7.85. The lowest BCUT2D eigenvalue weighted by Gasteiger charge is -2.06. The monoisotopic (exact) mass is 220 g/mol. The number of phenols is 1. The molecule has 0 saturated carbocycles. The predicted molar refractivity (Wildman–Crippen MR) is 59.6 cm³/mol. The van der Waals surface area contributed by atoms with E-state index < -0.39 is 0 Å². The van der Waals surface area contributed by atoms with Crippen molar-refractivity contribution in [3.63, 3.8) is 0 Å². The van der Waals surface area contributed by atoms with Crippen molar-refractivity contribution in [2.45, 2.75) is 0 Å². The van der Waals surface area contributed by atoms with Crippen LogP contribution in [0.25, 0.3) is 0 Å². The highest BCUT2D eigenvalue weighted by Gasteiger charge is 2.01. The van der Waals surface area contributed by atoms with E-state index in [9.17, 15) is 5.11 Å². The fraction of sp³-hybridized carbons (Fsp3) is 0. The van der Waals surface area contributed by atoms with Crippen LogP contribution in [0, 0.1) is 0 Å². The van der Waals surface area contributed by atoms with Gasteiger partial charge in [-0.05, 0) is 24.3 Å². The van der Waals surface area contributed by atoms with Crippen molar-refractivity contribution < 1.29 is 9.84 Å². The van der Waals surface area contributed by atoms with Gasteiger partial charge in [-0.2, -0.15) is 0 Å². The van der Waals surface area contributed by atoms with Crippen LogP contribution >= 0.6 is 11.6 Å². The molecule has 0 radical (unpaired) electrons. The molecule has 3 heteroatoms. The molecule has 0 amide bonds. The van der Waals surface area contributed by atoms with E-state index >= 15 is 0 Å². The van der Waals surface area contributed by atoms with Gasteiger partial charge in [-0.1, -0.05) is 29.8 Å². The van der Waals surface area contributed by atoms with Gasteiger partial charge in [-0.3, -0.25) is 0 Å². The summed E-state index contributed by atoms with van der Waals surface area (Å²) >= 11 is 5.93. The van der Waals surface area contributed by atoms with Gasteiger partial charge < -0.3 is 9.84 Å². The van der Waals surface area contributed by atoms with Gasteiger partial charge in [0.2, 0.25) is 0 Å². The molecule has 0 aromatic heterocycles. The number of ether oxygens (including phenoxy) is 1. The normalized spacial score (nSPS) is 9.93. The number of phenolic OH excluding ortho intramolecular Hbond substituents is 1. The van der Waals surface area contributed by atoms with E-state index in [1.807, 2.05) is 12.1 Å². The smallest absolute Gasteiger partial charge is 0.146 e. The lowest BCUT2D eigenvalue weighted by atomic mass is 10.3. The molecule has 1 N–H and O–H groups in total. The number of aromatic hydroxyl groups is 1. The third-order valence-corrected chi connectivity index (χ3v) is 2.19. The van der Waals surface area contributed by atoms with Crippen LogP contribution < -0.4 is 4.74 Å². The molecule has 0 saturated heterocycles. The van der Waals surface area contributed by atoms with Gasteiger partial charge in [0.1, 0.15) is 17.2 Å². The van der Waals surface area contributed by atoms with Gasteiger partial charge in [0, 0.05) is 6.07 Å². The largest absolute Gasteiger partial charge is 0.508 e. The second-order valence-corrected chi connectivity index (χ2v) is 3.44. The lowest BCUT2D eigenvalue weighted by Crippen LogP contribution is -1.84. The van der Waals surface area contributed by atoms with E-state index in [1.165, 1.54) is 6.07 Å². The highest BCUT2D eigenvalue weighted by molar-refractivity contribution is 6.32. The Morgan fingerprint density at radius 1 is 1.00 bits per heavy atom. The van der Waals surface area contributed by atoms with Gasteiger partial charge in [0.05, 0.1) is 5.02 Å². The second kappa shape index (κ2) is 4.24. The van der Waals surface area contributed by atoms with Crippen molar-refractivity contribution in [2.24, 2.45) is 0 Å². The van der Waals surface area contributed by atoms with E-state index in [4.69, 9.17) is 16.3 Å². The highest BCUT2D eigenvalue weighted by Crippen LogP contribution is 2.29. The Kier molecular flexibility index (Phi) is 2.79. The Hall–Kier alpha value is -1.67. The van der Waals surface area contributed by atoms with E-state index in [0.29, 0.717) is 16.5 Å². The molecule has 0 aliphatic carbocycles. The highest BCUT2D eigenvalue weighted by atomic mass is 35.5. The zero-order chi connectivity index (χ0) is 10.7. The Labute approximate surface area is 92.7 Å². The van der Waals surface area contributed by atoms with Crippen molar-refractivity contribution in [2.75, 3.05) is 0 Å². The first-order valence-corrected chi connectivity index (χ1v) is 4.85. The fourth-order valence-electron chi connectivity index (χ4n) is 1.20. The van der Waals surface area contributed by atoms with Crippen LogP contribution in [0.1, 0.15) is 0 Å². The molecule has 0 spiro atoms. The zero-order valence-corrected chi connectivity index (χ0v) is 8.61. The predicted octanol–water partition coefficient (Wildman–Crippen LogP) is 3.84. The number of para-hydroxylation sites is 1. The molecular weight excluding hydrogens is 212 g/mol. The minimum Gasteiger partial charge on any atom is -0.508 e. The van der Waals surface area contributed by atoms with E-state index in [0.717, 1.165) is 0 Å². The maximum Gasteiger partial charge on any atom is 0.146 e. The first-order valence-electron chi connectivity index (χ1n) is 4.47. The molecule has 76 valence electrons. The van der Waals surface area contributed by atoms with Crippen molar-refractivity contribution in [1.82, 2.24) is 0 Å². The summed E-state index contributed by atoms with van der Waals surface area (Å²) in [6, 6.07) is 13.8. The fourth-order valence-corrected chi connectivity index (χ4v) is 1.38. The maximum absolute atomic E-state index is 9.25. The molecule has 15 heavy (non-hydrogen) atoms. The van der Waals surface area contributed by atoms with Crippen LogP contribution in [0.3, 0.4) is 0 Å². The number of benzene rings is 2. The topological polar surface area (TPSA) is 29.5 Å². The molecule has 0 atom stereocenters. The first-order chi connectivity index (χ1) is 7.25. The molecule has 0 fully saturated rings. The second-order valence-electron chi connectivity index (χ2n) is 3.03. The molecule has 0 heterocycles. The molecule has 0 bridgehead atoms. The van der Waals surface area contributed by atoms with Crippen LogP contribution in [0.15, 0.2) is 48.5 Å². The van der Waals surface area contributed by atoms with Gasteiger partial charge in [0.15, 0.2) is 0 Å². The van der Waals surface area contributed by atoms with Crippen LogP contribution in [-0.2, 0) is 0 Å². The van der Waals surface area contributed by atoms with E-state index in [2.05, 4.69) is 0 Å². The molecule has 0 aliphatic heterocycles. The van der Waals surface area contributed by atoms with Crippen molar-refractivity contribution in [1.29, 1.82) is 0 Å². The summed E-state index contributed by atoms with van der Waals surface area (Å²) in [7, 11) is 0. The van der Waals surface area contributed by atoms with Gasteiger partial charge in [-0.15, -0.1) is 0 Å². The SMILES string of the molecule is Oc1cccc(Oc2ccccc2Cl)c1. The van der Waals surface area contributed by atoms with Crippen LogP contribution in [-0.4, -0.2) is 5.11 Å². The molecule has 0 aliphatic rings. The summed E-state index contributed by atoms with van der Waals surface area (Å²) in [5, 5.41) is 9.79. The number of hydrogen-bond donors (Lipinski definition) is 1. The summed E-state index contributed by atoms with van der Waals surface area (Å²) in [6.07, 6.45) is 0. The van der Waals surface area contributed by atoms with Gasteiger partial charge >= 0.3 is 0 Å². The Morgan fingerprint density at radius 2 is 1.80 bits per heavy atom. The Balaban J connectivity index is 2.26. The average Bonchev–Trinajstić information content (AvgIpc) is 2.22. The molecule has 2 aromatic carbocycles. The number of rotatable bonds is 2. The first kappa shape index (κ1) is 9.87. The summed E-state index contributed by atoms with van der Waals surface area (Å²) < 4.78 is 5.50. The van der Waals surface area contributed by atoms with Crippen LogP contribution in [0.2, 0.25) is 5.02 Å². The lowest BCUT2D eigenvalue weighted by molar-refractivity contribution is 0.455. The molecule has 0 unspecified atom stereocenters. The Bertz CT molecular complexity index is 469. The Morgan fingerprint density at radius 3 is 2.53 bits per heavy atom. The van der Waals surface area contributed by atoms with Crippen molar-refractivity contribution >= 4 is 11.6 Å². The number of halogens is 1. The summed E-state index contributed by atoms with van der Waals surface area (Å²) in [6.45, 7) is 0. The summed E-state index contributed by atoms with van der Waals surface area (Å²) in [4.78, 5) is 0. The van der Waals surface area contributed by atoms with Crippen LogP contribution in [0.4, 0.5) is 0 Å². The molecule has 2 nitrogen and oxygen atoms in total. The minimum absolute atomic E-state index is 0.166. The third-order valence-electron chi connectivity index (χ3n) is 1.88. The molecule has 2 aromatic rings. The molecule has 2 rings (SSSR count). The quantitative estimate of drug-likeness (QED) is 0.833. The minimum atomic E-state index is 0.166. The van der Waals surface area contributed by atoms with E-state index in [-0.39, 0.29) is 5.75 Å². The molecular formula is C12H9ClO2. The summed E-state index contributed by atoms with van der Waals surface area (Å²) in [5.74, 6) is 1.30.